The van der Waals surface area contributed by atoms with Crippen LogP contribution < -0.4 is 4.74 Å². The standard InChI is InChI=1S/C20H19NO2S2/c1-14-4-3-5-16(12-14)13-18-19(22)21(20(24)25-18)11-10-15-6-8-17(23-2)9-7-15/h3-9,12-13H,10-11H2,1-2H3/b18-13-. The van der Waals surface area contributed by atoms with Gasteiger partial charge in [0.05, 0.1) is 12.0 Å². The second-order valence-corrected chi connectivity index (χ2v) is 7.52. The lowest BCUT2D eigenvalue weighted by atomic mass is 10.1. The molecule has 3 nitrogen and oxygen atoms in total. The summed E-state index contributed by atoms with van der Waals surface area (Å²) in [5.41, 5.74) is 3.34. The molecule has 0 spiro atoms. The summed E-state index contributed by atoms with van der Waals surface area (Å²) in [5.74, 6) is 0.820. The van der Waals surface area contributed by atoms with Gasteiger partial charge >= 0.3 is 0 Å². The van der Waals surface area contributed by atoms with Crippen LogP contribution >= 0.6 is 24.0 Å². The van der Waals surface area contributed by atoms with Gasteiger partial charge in [0, 0.05) is 6.54 Å². The first-order valence-electron chi connectivity index (χ1n) is 8.02. The highest BCUT2D eigenvalue weighted by Gasteiger charge is 2.31. The number of carbonyl (C=O) groups excluding carboxylic acids is 1. The van der Waals surface area contributed by atoms with Crippen molar-refractivity contribution in [3.63, 3.8) is 0 Å². The molecule has 128 valence electrons. The van der Waals surface area contributed by atoms with Crippen molar-refractivity contribution in [1.29, 1.82) is 0 Å². The Kier molecular flexibility index (Phi) is 5.56. The Morgan fingerprint density at radius 3 is 2.64 bits per heavy atom. The largest absolute Gasteiger partial charge is 0.497 e. The number of hydrogen-bond acceptors (Lipinski definition) is 4. The number of methoxy groups -OCH3 is 1. The molecule has 1 amide bonds. The molecular formula is C20H19NO2S2. The van der Waals surface area contributed by atoms with Gasteiger partial charge in [-0.1, -0.05) is 65.9 Å². The quantitative estimate of drug-likeness (QED) is 0.575. The van der Waals surface area contributed by atoms with E-state index in [2.05, 4.69) is 6.07 Å². The van der Waals surface area contributed by atoms with E-state index in [1.807, 2.05) is 55.5 Å². The van der Waals surface area contributed by atoms with Gasteiger partial charge in [0.1, 0.15) is 10.1 Å². The van der Waals surface area contributed by atoms with Crippen LogP contribution in [0.25, 0.3) is 6.08 Å². The summed E-state index contributed by atoms with van der Waals surface area (Å²) in [6.45, 7) is 2.62. The van der Waals surface area contributed by atoms with Crippen molar-refractivity contribution in [2.24, 2.45) is 0 Å². The Morgan fingerprint density at radius 1 is 1.20 bits per heavy atom. The summed E-state index contributed by atoms with van der Waals surface area (Å²) >= 11 is 6.77. The fourth-order valence-corrected chi connectivity index (χ4v) is 3.95. The average molecular weight is 370 g/mol. The number of amides is 1. The zero-order chi connectivity index (χ0) is 17.8. The molecule has 5 heteroatoms. The molecular weight excluding hydrogens is 350 g/mol. The van der Waals surface area contributed by atoms with E-state index in [1.165, 1.54) is 17.3 Å². The molecule has 1 heterocycles. The highest BCUT2D eigenvalue weighted by molar-refractivity contribution is 8.26. The summed E-state index contributed by atoms with van der Waals surface area (Å²) in [6.07, 6.45) is 2.67. The molecule has 0 N–H and O–H groups in total. The Bertz CT molecular complexity index is 828. The van der Waals surface area contributed by atoms with E-state index >= 15 is 0 Å². The van der Waals surface area contributed by atoms with Gasteiger partial charge in [-0.25, -0.2) is 0 Å². The molecule has 0 aromatic heterocycles. The molecule has 1 fully saturated rings. The van der Waals surface area contributed by atoms with Gasteiger partial charge < -0.3 is 4.74 Å². The summed E-state index contributed by atoms with van der Waals surface area (Å²) in [6, 6.07) is 16.0. The van der Waals surface area contributed by atoms with Crippen molar-refractivity contribution in [1.82, 2.24) is 4.90 Å². The number of aryl methyl sites for hydroxylation is 1. The van der Waals surface area contributed by atoms with Crippen molar-refractivity contribution < 1.29 is 9.53 Å². The van der Waals surface area contributed by atoms with Crippen LogP contribution in [0.2, 0.25) is 0 Å². The molecule has 1 aliphatic rings. The Morgan fingerprint density at radius 2 is 1.96 bits per heavy atom. The molecule has 2 aromatic rings. The van der Waals surface area contributed by atoms with Gasteiger partial charge in [-0.05, 0) is 42.7 Å². The third kappa shape index (κ3) is 4.30. The molecule has 0 bridgehead atoms. The summed E-state index contributed by atoms with van der Waals surface area (Å²) in [7, 11) is 1.65. The van der Waals surface area contributed by atoms with Crippen LogP contribution in [0.5, 0.6) is 5.75 Å². The smallest absolute Gasteiger partial charge is 0.266 e. The highest BCUT2D eigenvalue weighted by Crippen LogP contribution is 2.32. The zero-order valence-corrected chi connectivity index (χ0v) is 15.8. The van der Waals surface area contributed by atoms with Gasteiger partial charge in [0.15, 0.2) is 0 Å². The van der Waals surface area contributed by atoms with E-state index in [4.69, 9.17) is 17.0 Å². The molecule has 25 heavy (non-hydrogen) atoms. The minimum absolute atomic E-state index is 0.00924. The molecule has 0 aliphatic carbocycles. The normalized spacial score (nSPS) is 15.9. The maximum atomic E-state index is 12.7. The fourth-order valence-electron chi connectivity index (χ4n) is 2.64. The summed E-state index contributed by atoms with van der Waals surface area (Å²) in [4.78, 5) is 15.0. The number of thioether (sulfide) groups is 1. The van der Waals surface area contributed by atoms with Crippen LogP contribution in [0.15, 0.2) is 53.4 Å². The van der Waals surface area contributed by atoms with Gasteiger partial charge in [-0.15, -0.1) is 0 Å². The van der Waals surface area contributed by atoms with Crippen molar-refractivity contribution >= 4 is 40.3 Å². The van der Waals surface area contributed by atoms with Crippen LogP contribution in [0.4, 0.5) is 0 Å². The average Bonchev–Trinajstić information content (AvgIpc) is 2.87. The van der Waals surface area contributed by atoms with E-state index in [0.29, 0.717) is 15.8 Å². The van der Waals surface area contributed by atoms with Crippen molar-refractivity contribution in [2.75, 3.05) is 13.7 Å². The fraction of sp³-hybridized carbons (Fsp3) is 0.200. The Hall–Kier alpha value is -2.11. The third-order valence-corrected chi connectivity index (χ3v) is 5.37. The summed E-state index contributed by atoms with van der Waals surface area (Å²) in [5, 5.41) is 0. The maximum absolute atomic E-state index is 12.7. The molecule has 2 aromatic carbocycles. The lowest BCUT2D eigenvalue weighted by Crippen LogP contribution is -2.30. The topological polar surface area (TPSA) is 29.5 Å². The van der Waals surface area contributed by atoms with Crippen LogP contribution in [0.3, 0.4) is 0 Å². The second kappa shape index (κ2) is 7.85. The third-order valence-electron chi connectivity index (χ3n) is 4.00. The van der Waals surface area contributed by atoms with Crippen LogP contribution in [0.1, 0.15) is 16.7 Å². The minimum atomic E-state index is -0.00924. The molecule has 0 saturated carbocycles. The van der Waals surface area contributed by atoms with Crippen LogP contribution in [-0.4, -0.2) is 28.8 Å². The number of rotatable bonds is 5. The Labute approximate surface area is 157 Å². The van der Waals surface area contributed by atoms with Gasteiger partial charge in [0.25, 0.3) is 5.91 Å². The van der Waals surface area contributed by atoms with E-state index in [0.717, 1.165) is 23.3 Å². The number of ether oxygens (including phenoxy) is 1. The van der Waals surface area contributed by atoms with E-state index < -0.39 is 0 Å². The lowest BCUT2D eigenvalue weighted by molar-refractivity contribution is -0.122. The van der Waals surface area contributed by atoms with Crippen LogP contribution in [-0.2, 0) is 11.2 Å². The monoisotopic (exact) mass is 369 g/mol. The van der Waals surface area contributed by atoms with Crippen molar-refractivity contribution in [3.8, 4) is 5.75 Å². The number of benzene rings is 2. The molecule has 0 atom stereocenters. The predicted octanol–water partition coefficient (Wildman–Crippen LogP) is 4.45. The van der Waals surface area contributed by atoms with E-state index in [-0.39, 0.29) is 5.91 Å². The first-order chi connectivity index (χ1) is 12.1. The molecule has 1 aliphatic heterocycles. The second-order valence-electron chi connectivity index (χ2n) is 5.85. The van der Waals surface area contributed by atoms with Crippen molar-refractivity contribution in [3.05, 3.63) is 70.1 Å². The minimum Gasteiger partial charge on any atom is -0.497 e. The maximum Gasteiger partial charge on any atom is 0.266 e. The highest BCUT2D eigenvalue weighted by atomic mass is 32.2. The summed E-state index contributed by atoms with van der Waals surface area (Å²) < 4.78 is 5.79. The van der Waals surface area contributed by atoms with Crippen LogP contribution in [0, 0.1) is 6.92 Å². The molecule has 3 rings (SSSR count). The first kappa shape index (κ1) is 17.7. The predicted molar refractivity (Wildman–Crippen MR) is 108 cm³/mol. The number of thiocarbonyl (C=S) groups is 1. The van der Waals surface area contributed by atoms with Crippen molar-refractivity contribution in [2.45, 2.75) is 13.3 Å². The molecule has 0 radical (unpaired) electrons. The van der Waals surface area contributed by atoms with E-state index in [9.17, 15) is 4.79 Å². The number of hydrogen-bond donors (Lipinski definition) is 0. The first-order valence-corrected chi connectivity index (χ1v) is 9.24. The number of carbonyl (C=O) groups is 1. The molecule has 0 unspecified atom stereocenters. The van der Waals surface area contributed by atoms with Gasteiger partial charge in [-0.3, -0.25) is 9.69 Å². The lowest BCUT2D eigenvalue weighted by Gasteiger charge is -2.14. The Balaban J connectivity index is 1.68. The molecule has 1 saturated heterocycles. The van der Waals surface area contributed by atoms with Gasteiger partial charge in [-0.2, -0.15) is 0 Å². The SMILES string of the molecule is COc1ccc(CCN2C(=O)/C(=C/c3cccc(C)c3)SC2=S)cc1. The van der Waals surface area contributed by atoms with Gasteiger partial charge in [0.2, 0.25) is 0 Å². The number of nitrogens with zero attached hydrogens (tertiary/aromatic N) is 1. The van der Waals surface area contributed by atoms with E-state index in [1.54, 1.807) is 12.0 Å². The zero-order valence-electron chi connectivity index (χ0n) is 14.2.